The fourth-order valence-corrected chi connectivity index (χ4v) is 2.96. The average Bonchev–Trinajstić information content (AvgIpc) is 2.82. The summed E-state index contributed by atoms with van der Waals surface area (Å²) in [5, 5.41) is 2.95. The third-order valence-electron chi connectivity index (χ3n) is 4.56. The number of pyridine rings is 1. The van der Waals surface area contributed by atoms with Crippen molar-refractivity contribution < 1.29 is 28.6 Å². The summed E-state index contributed by atoms with van der Waals surface area (Å²) in [5.74, 6) is 2.36. The van der Waals surface area contributed by atoms with Crippen molar-refractivity contribution in [1.82, 2.24) is 10.3 Å². The molecule has 0 saturated carbocycles. The minimum Gasteiger partial charge on any atom is -0.497 e. The largest absolute Gasteiger partial charge is 0.497 e. The molecule has 33 heavy (non-hydrogen) atoms. The van der Waals surface area contributed by atoms with Gasteiger partial charge in [0.2, 0.25) is 11.8 Å². The zero-order chi connectivity index (χ0) is 24.1. The van der Waals surface area contributed by atoms with E-state index in [0.717, 1.165) is 28.9 Å². The third-order valence-corrected chi connectivity index (χ3v) is 4.56. The highest BCUT2D eigenvalue weighted by molar-refractivity contribution is 5.78. The van der Waals surface area contributed by atoms with E-state index in [1.54, 1.807) is 32.5 Å². The van der Waals surface area contributed by atoms with Crippen LogP contribution in [0.4, 0.5) is 0 Å². The second-order valence-electron chi connectivity index (χ2n) is 6.97. The van der Waals surface area contributed by atoms with E-state index in [4.69, 9.17) is 23.8 Å². The van der Waals surface area contributed by atoms with Crippen LogP contribution in [-0.2, 0) is 27.2 Å². The standard InChI is InChI=1S/C24H26N2O4.CO2/c1-17-7-10-24(26-16-17)30-21-9-8-19(14-22(21)29-3)15-23(27)25-12-11-18-5-4-6-20(13-18)28-2;2-1-3/h4-10,13-14,16H,11-12,15H2,1-3H3,(H,25,27);. The van der Waals surface area contributed by atoms with Gasteiger partial charge >= 0.3 is 6.15 Å². The minimum atomic E-state index is -0.0474. The SMILES string of the molecule is COc1cccc(CCNC(=O)Cc2ccc(Oc3ccc(C)cn3)c(OC)c2)c1.O=C=O. The molecule has 0 aliphatic rings. The van der Waals surface area contributed by atoms with Crippen LogP contribution in [0.5, 0.6) is 23.1 Å². The monoisotopic (exact) mass is 450 g/mol. The average molecular weight is 450 g/mol. The smallest absolute Gasteiger partial charge is 0.373 e. The Morgan fingerprint density at radius 2 is 1.76 bits per heavy atom. The molecule has 3 aromatic rings. The fraction of sp³-hybridized carbons (Fsp3) is 0.240. The lowest BCUT2D eigenvalue weighted by atomic mass is 10.1. The quantitative estimate of drug-likeness (QED) is 0.532. The molecule has 0 aliphatic heterocycles. The van der Waals surface area contributed by atoms with Crippen LogP contribution in [-0.4, -0.2) is 37.8 Å². The molecule has 8 heteroatoms. The first-order valence-corrected chi connectivity index (χ1v) is 10.2. The van der Waals surface area contributed by atoms with Gasteiger partial charge in [-0.2, -0.15) is 9.59 Å². The van der Waals surface area contributed by atoms with Crippen molar-refractivity contribution in [3.05, 3.63) is 77.5 Å². The minimum absolute atomic E-state index is 0.0474. The van der Waals surface area contributed by atoms with Crippen LogP contribution in [0, 0.1) is 6.92 Å². The Morgan fingerprint density at radius 1 is 0.970 bits per heavy atom. The molecule has 0 spiro atoms. The van der Waals surface area contributed by atoms with Gasteiger partial charge in [-0.25, -0.2) is 4.98 Å². The predicted molar refractivity (Wildman–Crippen MR) is 120 cm³/mol. The molecule has 8 nitrogen and oxygen atoms in total. The zero-order valence-electron chi connectivity index (χ0n) is 18.8. The van der Waals surface area contributed by atoms with Crippen molar-refractivity contribution in [1.29, 1.82) is 0 Å². The number of aryl methyl sites for hydroxylation is 1. The molecule has 1 aromatic heterocycles. The van der Waals surface area contributed by atoms with E-state index >= 15 is 0 Å². The van der Waals surface area contributed by atoms with Crippen LogP contribution in [0.25, 0.3) is 0 Å². The van der Waals surface area contributed by atoms with E-state index in [2.05, 4.69) is 10.3 Å². The number of nitrogens with zero attached hydrogens (tertiary/aromatic N) is 1. The van der Waals surface area contributed by atoms with E-state index in [1.165, 1.54) is 0 Å². The van der Waals surface area contributed by atoms with Crippen molar-refractivity contribution in [2.24, 2.45) is 0 Å². The number of hydrogen-bond acceptors (Lipinski definition) is 7. The molecule has 1 heterocycles. The van der Waals surface area contributed by atoms with Gasteiger partial charge in [-0.1, -0.05) is 24.3 Å². The maximum absolute atomic E-state index is 12.3. The van der Waals surface area contributed by atoms with Gasteiger partial charge < -0.3 is 19.5 Å². The van der Waals surface area contributed by atoms with Crippen LogP contribution >= 0.6 is 0 Å². The molecule has 0 aliphatic carbocycles. The van der Waals surface area contributed by atoms with Crippen molar-refractivity contribution >= 4 is 12.1 Å². The van der Waals surface area contributed by atoms with Crippen LogP contribution in [0.2, 0.25) is 0 Å². The summed E-state index contributed by atoms with van der Waals surface area (Å²) in [4.78, 5) is 32.8. The van der Waals surface area contributed by atoms with Gasteiger partial charge in [0.25, 0.3) is 0 Å². The van der Waals surface area contributed by atoms with Gasteiger partial charge in [0.15, 0.2) is 11.5 Å². The van der Waals surface area contributed by atoms with Crippen molar-refractivity contribution in [2.45, 2.75) is 19.8 Å². The molecule has 172 valence electrons. The van der Waals surface area contributed by atoms with Gasteiger partial charge in [-0.3, -0.25) is 4.79 Å². The summed E-state index contributed by atoms with van der Waals surface area (Å²) < 4.78 is 16.5. The van der Waals surface area contributed by atoms with E-state index in [9.17, 15) is 4.79 Å². The number of carbonyl (C=O) groups excluding carboxylic acids is 3. The topological polar surface area (TPSA) is 104 Å². The Kier molecular flexibility index (Phi) is 10.1. The van der Waals surface area contributed by atoms with Gasteiger partial charge in [-0.05, 0) is 54.3 Å². The Bertz CT molecular complexity index is 1080. The van der Waals surface area contributed by atoms with E-state index in [1.807, 2.05) is 49.4 Å². The van der Waals surface area contributed by atoms with Crippen LogP contribution in [0.1, 0.15) is 16.7 Å². The Balaban J connectivity index is 0.00000122. The first kappa shape index (κ1) is 25.1. The van der Waals surface area contributed by atoms with Crippen molar-refractivity contribution in [3.63, 3.8) is 0 Å². The fourth-order valence-electron chi connectivity index (χ4n) is 2.96. The summed E-state index contributed by atoms with van der Waals surface area (Å²) in [7, 11) is 3.21. The Labute approximate surface area is 192 Å². The van der Waals surface area contributed by atoms with Crippen LogP contribution in [0.3, 0.4) is 0 Å². The van der Waals surface area contributed by atoms with Gasteiger partial charge in [0.05, 0.1) is 20.6 Å². The Morgan fingerprint density at radius 3 is 2.42 bits per heavy atom. The molecule has 1 amide bonds. The van der Waals surface area contributed by atoms with Gasteiger partial charge in [-0.15, -0.1) is 0 Å². The molecule has 0 radical (unpaired) electrons. The molecular weight excluding hydrogens is 424 g/mol. The lowest BCUT2D eigenvalue weighted by Gasteiger charge is -2.12. The highest BCUT2D eigenvalue weighted by Gasteiger charge is 2.10. The van der Waals surface area contributed by atoms with Crippen molar-refractivity contribution in [2.75, 3.05) is 20.8 Å². The highest BCUT2D eigenvalue weighted by atomic mass is 16.5. The molecule has 0 bridgehead atoms. The Hall–Kier alpha value is -4.16. The normalized spacial score (nSPS) is 9.67. The maximum Gasteiger partial charge on any atom is 0.373 e. The molecular formula is C25H26N2O6. The summed E-state index contributed by atoms with van der Waals surface area (Å²) in [6.45, 7) is 2.53. The number of methoxy groups -OCH3 is 2. The number of carbonyl (C=O) groups is 1. The molecule has 0 unspecified atom stereocenters. The lowest BCUT2D eigenvalue weighted by Crippen LogP contribution is -2.27. The first-order chi connectivity index (χ1) is 16.0. The number of nitrogens with one attached hydrogen (secondary N) is 1. The first-order valence-electron chi connectivity index (χ1n) is 10.2. The second kappa shape index (κ2) is 13.3. The molecule has 2 aromatic carbocycles. The van der Waals surface area contributed by atoms with E-state index in [-0.39, 0.29) is 18.5 Å². The van der Waals surface area contributed by atoms with Crippen LogP contribution in [0.15, 0.2) is 60.8 Å². The second-order valence-corrected chi connectivity index (χ2v) is 6.97. The van der Waals surface area contributed by atoms with E-state index < -0.39 is 0 Å². The summed E-state index contributed by atoms with van der Waals surface area (Å²) >= 11 is 0. The number of benzene rings is 2. The summed E-state index contributed by atoms with van der Waals surface area (Å²) in [6.07, 6.45) is 2.99. The van der Waals surface area contributed by atoms with Gasteiger partial charge in [0.1, 0.15) is 5.75 Å². The molecule has 1 N–H and O–H groups in total. The van der Waals surface area contributed by atoms with Crippen molar-refractivity contribution in [3.8, 4) is 23.1 Å². The highest BCUT2D eigenvalue weighted by Crippen LogP contribution is 2.31. The van der Waals surface area contributed by atoms with Gasteiger partial charge in [0, 0.05) is 18.8 Å². The summed E-state index contributed by atoms with van der Waals surface area (Å²) in [6, 6.07) is 17.0. The third kappa shape index (κ3) is 8.47. The molecule has 0 fully saturated rings. The van der Waals surface area contributed by atoms with E-state index in [0.29, 0.717) is 23.9 Å². The number of hydrogen-bond donors (Lipinski definition) is 1. The molecule has 3 rings (SSSR count). The number of amides is 1. The number of ether oxygens (including phenoxy) is 3. The maximum atomic E-state index is 12.3. The van der Waals surface area contributed by atoms with Crippen LogP contribution < -0.4 is 19.5 Å². The molecule has 0 atom stereocenters. The summed E-state index contributed by atoms with van der Waals surface area (Å²) in [5.41, 5.74) is 3.01. The number of aromatic nitrogens is 1. The number of rotatable bonds is 9. The molecule has 0 saturated heterocycles. The zero-order valence-corrected chi connectivity index (χ0v) is 18.8. The lowest BCUT2D eigenvalue weighted by molar-refractivity contribution is -0.191. The predicted octanol–water partition coefficient (Wildman–Crippen LogP) is 3.52.